The molecule has 1 unspecified atom stereocenters. The Morgan fingerprint density at radius 3 is 2.67 bits per heavy atom. The predicted octanol–water partition coefficient (Wildman–Crippen LogP) is 0.164. The van der Waals surface area contributed by atoms with Gasteiger partial charge in [0, 0.05) is 5.92 Å². The smallest absolute Gasteiger partial charge is 0.350 e. The van der Waals surface area contributed by atoms with Crippen LogP contribution in [0.4, 0.5) is 8.78 Å². The minimum Gasteiger partial charge on any atom is -0.396 e. The normalized spacial score (nSPS) is 13.8. The van der Waals surface area contributed by atoms with Gasteiger partial charge in [-0.1, -0.05) is 11.7 Å². The van der Waals surface area contributed by atoms with Crippen LogP contribution in [0.5, 0.6) is 0 Å². The van der Waals surface area contributed by atoms with Crippen LogP contribution >= 0.6 is 0 Å². The largest absolute Gasteiger partial charge is 0.396 e. The lowest BCUT2D eigenvalue weighted by Gasteiger charge is -1.98. The third-order valence-electron chi connectivity index (χ3n) is 1.33. The molecular weight excluding hydrogens is 170 g/mol. The van der Waals surface area contributed by atoms with Gasteiger partial charge in [-0.2, -0.15) is 8.78 Å². The van der Waals surface area contributed by atoms with Gasteiger partial charge in [0.1, 0.15) is 0 Å². The molecule has 1 atom stereocenters. The molecule has 0 spiro atoms. The molecule has 0 fully saturated rings. The van der Waals surface area contributed by atoms with E-state index in [1.165, 1.54) is 0 Å². The van der Waals surface area contributed by atoms with Crippen LogP contribution in [0.15, 0.2) is 0 Å². The molecule has 0 saturated carbocycles. The molecule has 5 nitrogen and oxygen atoms in total. The van der Waals surface area contributed by atoms with Crippen molar-refractivity contribution >= 4 is 0 Å². The molecule has 1 N–H and O–H groups in total. The minimum absolute atomic E-state index is 0.123. The van der Waals surface area contributed by atoms with Gasteiger partial charge in [0.25, 0.3) is 0 Å². The van der Waals surface area contributed by atoms with Crippen LogP contribution in [0, 0.1) is 0 Å². The lowest BCUT2D eigenvalue weighted by Crippen LogP contribution is -2.05. The van der Waals surface area contributed by atoms with Crippen molar-refractivity contribution in [2.24, 2.45) is 0 Å². The van der Waals surface area contributed by atoms with Crippen LogP contribution in [0.1, 0.15) is 25.2 Å². The number of rotatable bonds is 3. The van der Waals surface area contributed by atoms with Crippen molar-refractivity contribution in [1.29, 1.82) is 0 Å². The average molecular weight is 178 g/mol. The van der Waals surface area contributed by atoms with Gasteiger partial charge in [0.15, 0.2) is 5.82 Å². The zero-order valence-corrected chi connectivity index (χ0v) is 6.35. The monoisotopic (exact) mass is 178 g/mol. The quantitative estimate of drug-likeness (QED) is 0.716. The van der Waals surface area contributed by atoms with Crippen LogP contribution in [0.3, 0.4) is 0 Å². The number of nitrogens with zero attached hydrogens (tertiary/aromatic N) is 4. The zero-order valence-electron chi connectivity index (χ0n) is 6.35. The molecule has 0 bridgehead atoms. The Labute approximate surface area is 67.0 Å². The lowest BCUT2D eigenvalue weighted by molar-refractivity contribution is 0.0392. The molecule has 0 aliphatic heterocycles. The fourth-order valence-corrected chi connectivity index (χ4v) is 0.598. The Morgan fingerprint density at radius 2 is 2.25 bits per heavy atom. The summed E-state index contributed by atoms with van der Waals surface area (Å²) in [5.41, 5.74) is 0. The molecule has 7 heteroatoms. The highest BCUT2D eigenvalue weighted by Gasteiger charge is 2.14. The molecule has 12 heavy (non-hydrogen) atoms. The summed E-state index contributed by atoms with van der Waals surface area (Å²) in [4.78, 5) is 0.210. The van der Waals surface area contributed by atoms with E-state index in [2.05, 4.69) is 15.4 Å². The van der Waals surface area contributed by atoms with E-state index in [0.717, 1.165) is 0 Å². The molecule has 0 aliphatic rings. The van der Waals surface area contributed by atoms with Crippen molar-refractivity contribution in [3.05, 3.63) is 5.82 Å². The molecule has 1 heterocycles. The molecule has 0 aliphatic carbocycles. The zero-order chi connectivity index (χ0) is 9.14. The van der Waals surface area contributed by atoms with Gasteiger partial charge in [-0.25, -0.2) is 0 Å². The van der Waals surface area contributed by atoms with Gasteiger partial charge in [-0.05, 0) is 5.21 Å². The third-order valence-corrected chi connectivity index (χ3v) is 1.33. The number of aliphatic hydroxyl groups is 1. The van der Waals surface area contributed by atoms with Crippen molar-refractivity contribution < 1.29 is 13.9 Å². The van der Waals surface area contributed by atoms with Gasteiger partial charge in [-0.15, -0.1) is 10.2 Å². The molecule has 0 aromatic carbocycles. The van der Waals surface area contributed by atoms with Crippen LogP contribution in [0.2, 0.25) is 0 Å². The summed E-state index contributed by atoms with van der Waals surface area (Å²) in [7, 11) is 0. The Kier molecular flexibility index (Phi) is 2.64. The first-order valence-corrected chi connectivity index (χ1v) is 3.33. The van der Waals surface area contributed by atoms with Crippen molar-refractivity contribution in [3.63, 3.8) is 0 Å². The van der Waals surface area contributed by atoms with E-state index in [0.29, 0.717) is 0 Å². The minimum atomic E-state index is -2.78. The topological polar surface area (TPSA) is 63.8 Å². The van der Waals surface area contributed by atoms with Crippen LogP contribution < -0.4 is 0 Å². The fourth-order valence-electron chi connectivity index (χ4n) is 0.598. The van der Waals surface area contributed by atoms with Gasteiger partial charge in [-0.3, -0.25) is 0 Å². The molecule has 0 amide bonds. The maximum Gasteiger partial charge on any atom is 0.350 e. The van der Waals surface area contributed by atoms with E-state index in [1.54, 1.807) is 6.92 Å². The summed E-state index contributed by atoms with van der Waals surface area (Å²) in [6, 6.07) is 0. The van der Waals surface area contributed by atoms with E-state index in [9.17, 15) is 8.78 Å². The number of aromatic nitrogens is 4. The van der Waals surface area contributed by atoms with Crippen molar-refractivity contribution in [2.45, 2.75) is 19.4 Å². The molecule has 0 radical (unpaired) electrons. The van der Waals surface area contributed by atoms with Crippen molar-refractivity contribution in [3.8, 4) is 0 Å². The van der Waals surface area contributed by atoms with Gasteiger partial charge in [0.05, 0.1) is 6.61 Å². The Bertz CT molecular complexity index is 251. The predicted molar refractivity (Wildman–Crippen MR) is 34.6 cm³/mol. The molecule has 1 aromatic heterocycles. The Morgan fingerprint density at radius 1 is 1.58 bits per heavy atom. The van der Waals surface area contributed by atoms with Crippen LogP contribution in [-0.2, 0) is 0 Å². The summed E-state index contributed by atoms with van der Waals surface area (Å²) in [6.45, 7) is -1.35. The second-order valence-corrected chi connectivity index (χ2v) is 2.33. The Hall–Kier alpha value is -1.11. The van der Waals surface area contributed by atoms with E-state index < -0.39 is 6.55 Å². The van der Waals surface area contributed by atoms with Gasteiger partial charge < -0.3 is 5.11 Å². The first-order chi connectivity index (χ1) is 5.65. The van der Waals surface area contributed by atoms with E-state index in [-0.39, 0.29) is 23.1 Å². The number of hydrogen-bond donors (Lipinski definition) is 1. The molecule has 1 aromatic rings. The fraction of sp³-hybridized carbons (Fsp3) is 0.800. The highest BCUT2D eigenvalue weighted by molar-refractivity contribution is 4.87. The van der Waals surface area contributed by atoms with Gasteiger partial charge >= 0.3 is 6.55 Å². The average Bonchev–Trinajstić information content (AvgIpc) is 2.51. The van der Waals surface area contributed by atoms with Gasteiger partial charge in [0.2, 0.25) is 0 Å². The summed E-state index contributed by atoms with van der Waals surface area (Å²) in [6.07, 6.45) is 0. The second kappa shape index (κ2) is 3.53. The lowest BCUT2D eigenvalue weighted by atomic mass is 10.2. The molecule has 0 saturated heterocycles. The van der Waals surface area contributed by atoms with Crippen molar-refractivity contribution in [1.82, 2.24) is 20.2 Å². The van der Waals surface area contributed by atoms with Crippen LogP contribution in [0.25, 0.3) is 0 Å². The number of tetrazole rings is 1. The summed E-state index contributed by atoms with van der Waals surface area (Å²) < 4.78 is 23.8. The summed E-state index contributed by atoms with van der Waals surface area (Å²) in [5, 5.41) is 18.4. The molecule has 68 valence electrons. The first kappa shape index (κ1) is 8.98. The van der Waals surface area contributed by atoms with Crippen LogP contribution in [-0.4, -0.2) is 31.9 Å². The number of hydrogen-bond acceptors (Lipinski definition) is 4. The van der Waals surface area contributed by atoms with E-state index in [1.807, 2.05) is 0 Å². The number of alkyl halides is 2. The SMILES string of the molecule is CC(CO)c1nnn(C(F)F)n1. The van der Waals surface area contributed by atoms with E-state index >= 15 is 0 Å². The maximum atomic E-state index is 11.9. The first-order valence-electron chi connectivity index (χ1n) is 3.33. The highest BCUT2D eigenvalue weighted by Crippen LogP contribution is 2.10. The highest BCUT2D eigenvalue weighted by atomic mass is 19.3. The summed E-state index contributed by atoms with van der Waals surface area (Å²) in [5.74, 6) is -0.240. The third kappa shape index (κ3) is 1.73. The molecular formula is C5H8F2N4O. The van der Waals surface area contributed by atoms with E-state index in [4.69, 9.17) is 5.11 Å². The maximum absolute atomic E-state index is 11.9. The Balaban J connectivity index is 2.77. The summed E-state index contributed by atoms with van der Waals surface area (Å²) >= 11 is 0. The van der Waals surface area contributed by atoms with Crippen molar-refractivity contribution in [2.75, 3.05) is 6.61 Å². The number of aliphatic hydroxyl groups excluding tert-OH is 1. The number of halogens is 2. The second-order valence-electron chi connectivity index (χ2n) is 2.33. The standard InChI is InChI=1S/C5H8F2N4O/c1-3(2-12)4-8-10-11(9-4)5(6)7/h3,5,12H,2H2,1H3. The molecule has 1 rings (SSSR count).